The molecule has 2 saturated heterocycles. The molecule has 0 aliphatic carbocycles. The fourth-order valence-electron chi connectivity index (χ4n) is 3.02. The van der Waals surface area contributed by atoms with Crippen molar-refractivity contribution in [3.8, 4) is 0 Å². The summed E-state index contributed by atoms with van der Waals surface area (Å²) < 4.78 is 5.23. The van der Waals surface area contributed by atoms with E-state index < -0.39 is 0 Å². The number of unbranched alkanes of at least 4 members (excludes halogenated alkanes) is 1. The first kappa shape index (κ1) is 15.7. The second kappa shape index (κ2) is 8.60. The van der Waals surface area contributed by atoms with Gasteiger partial charge in [0.05, 0.1) is 13.2 Å². The van der Waals surface area contributed by atoms with E-state index >= 15 is 0 Å². The number of hydrogen-bond acceptors (Lipinski definition) is 5. The summed E-state index contributed by atoms with van der Waals surface area (Å²) in [6.07, 6.45) is 4.57. The van der Waals surface area contributed by atoms with Crippen molar-refractivity contribution >= 4 is 5.97 Å². The van der Waals surface area contributed by atoms with E-state index in [1.165, 1.54) is 12.8 Å². The first-order chi connectivity index (χ1) is 9.79. The van der Waals surface area contributed by atoms with E-state index in [0.717, 1.165) is 58.2 Å². The number of esters is 1. The molecule has 0 aromatic carbocycles. The summed E-state index contributed by atoms with van der Waals surface area (Å²) in [7, 11) is 0. The van der Waals surface area contributed by atoms with E-state index in [2.05, 4.69) is 22.0 Å². The van der Waals surface area contributed by atoms with Crippen LogP contribution in [0.1, 0.15) is 32.6 Å². The van der Waals surface area contributed by atoms with Crippen molar-refractivity contribution in [2.45, 2.75) is 38.6 Å². The van der Waals surface area contributed by atoms with Gasteiger partial charge in [-0.2, -0.15) is 0 Å². The summed E-state index contributed by atoms with van der Waals surface area (Å²) in [5.41, 5.74) is 0. The van der Waals surface area contributed by atoms with Crippen LogP contribution in [0.3, 0.4) is 0 Å². The Morgan fingerprint density at radius 1 is 1.20 bits per heavy atom. The molecule has 1 N–H and O–H groups in total. The van der Waals surface area contributed by atoms with Crippen molar-refractivity contribution in [2.24, 2.45) is 0 Å². The predicted octanol–water partition coefficient (Wildman–Crippen LogP) is 0.699. The van der Waals surface area contributed by atoms with Crippen LogP contribution in [0.5, 0.6) is 0 Å². The Balaban J connectivity index is 1.62. The lowest BCUT2D eigenvalue weighted by molar-refractivity contribution is -0.145. The maximum Gasteiger partial charge on any atom is 0.320 e. The maximum absolute atomic E-state index is 11.7. The molecule has 0 aromatic heterocycles. The van der Waals surface area contributed by atoms with E-state index in [-0.39, 0.29) is 5.97 Å². The number of nitrogens with zero attached hydrogens (tertiary/aromatic N) is 2. The molecule has 0 aromatic rings. The Bertz CT molecular complexity index is 285. The average molecular weight is 283 g/mol. The van der Waals surface area contributed by atoms with Crippen LogP contribution in [0.2, 0.25) is 0 Å². The van der Waals surface area contributed by atoms with E-state index in [9.17, 15) is 4.79 Å². The number of rotatable bonds is 6. The van der Waals surface area contributed by atoms with Gasteiger partial charge in [0.2, 0.25) is 0 Å². The molecule has 0 unspecified atom stereocenters. The van der Waals surface area contributed by atoms with Crippen molar-refractivity contribution < 1.29 is 9.53 Å². The summed E-state index contributed by atoms with van der Waals surface area (Å²) in [4.78, 5) is 16.5. The molecule has 5 heteroatoms. The van der Waals surface area contributed by atoms with Crippen molar-refractivity contribution in [1.82, 2.24) is 15.1 Å². The predicted molar refractivity (Wildman–Crippen MR) is 79.8 cm³/mol. The third-order valence-electron chi connectivity index (χ3n) is 4.35. The van der Waals surface area contributed by atoms with E-state index in [1.807, 2.05) is 0 Å². The Morgan fingerprint density at radius 2 is 1.90 bits per heavy atom. The molecular formula is C15H29N3O2. The van der Waals surface area contributed by atoms with Gasteiger partial charge in [-0.25, -0.2) is 0 Å². The van der Waals surface area contributed by atoms with Gasteiger partial charge in [0, 0.05) is 32.2 Å². The Labute approximate surface area is 122 Å². The van der Waals surface area contributed by atoms with Crippen LogP contribution in [-0.4, -0.2) is 74.2 Å². The van der Waals surface area contributed by atoms with Gasteiger partial charge in [0.1, 0.15) is 0 Å². The maximum atomic E-state index is 11.7. The summed E-state index contributed by atoms with van der Waals surface area (Å²) in [5, 5.41) is 3.41. The topological polar surface area (TPSA) is 44.8 Å². The summed E-state index contributed by atoms with van der Waals surface area (Å²) in [6.45, 7) is 9.60. The molecule has 0 atom stereocenters. The standard InChI is InChI=1S/C15H29N3O2/c1-2-3-12-20-15(19)13-17-8-10-18(11-9-17)14-4-6-16-7-5-14/h14,16H,2-13H2,1H3. The van der Waals surface area contributed by atoms with Gasteiger partial charge in [-0.15, -0.1) is 0 Å². The fraction of sp³-hybridized carbons (Fsp3) is 0.933. The van der Waals surface area contributed by atoms with Gasteiger partial charge < -0.3 is 10.1 Å². The van der Waals surface area contributed by atoms with Crippen molar-refractivity contribution in [3.63, 3.8) is 0 Å². The highest BCUT2D eigenvalue weighted by molar-refractivity contribution is 5.71. The number of carbonyl (C=O) groups excluding carboxylic acids is 1. The molecule has 2 fully saturated rings. The highest BCUT2D eigenvalue weighted by atomic mass is 16.5. The fourth-order valence-corrected chi connectivity index (χ4v) is 3.02. The number of nitrogens with one attached hydrogen (secondary N) is 1. The quantitative estimate of drug-likeness (QED) is 0.574. The van der Waals surface area contributed by atoms with Crippen LogP contribution >= 0.6 is 0 Å². The molecule has 2 aliphatic heterocycles. The second-order valence-corrected chi connectivity index (χ2v) is 5.87. The van der Waals surface area contributed by atoms with Gasteiger partial charge >= 0.3 is 5.97 Å². The zero-order valence-corrected chi connectivity index (χ0v) is 12.8. The first-order valence-electron chi connectivity index (χ1n) is 8.12. The smallest absolute Gasteiger partial charge is 0.320 e. The Morgan fingerprint density at radius 3 is 2.55 bits per heavy atom. The number of ether oxygens (including phenoxy) is 1. The number of hydrogen-bond donors (Lipinski definition) is 1. The summed E-state index contributed by atoms with van der Waals surface area (Å²) in [6, 6.07) is 0.745. The normalized spacial score (nSPS) is 22.9. The van der Waals surface area contributed by atoms with E-state index in [1.54, 1.807) is 0 Å². The molecule has 0 saturated carbocycles. The highest BCUT2D eigenvalue weighted by Crippen LogP contribution is 2.14. The lowest BCUT2D eigenvalue weighted by atomic mass is 10.0. The zero-order chi connectivity index (χ0) is 14.2. The van der Waals surface area contributed by atoms with Crippen molar-refractivity contribution in [2.75, 3.05) is 52.4 Å². The largest absolute Gasteiger partial charge is 0.465 e. The first-order valence-corrected chi connectivity index (χ1v) is 8.12. The van der Waals surface area contributed by atoms with E-state index in [0.29, 0.717) is 13.2 Å². The summed E-state index contributed by atoms with van der Waals surface area (Å²) >= 11 is 0. The zero-order valence-electron chi connectivity index (χ0n) is 12.8. The average Bonchev–Trinajstić information content (AvgIpc) is 2.49. The minimum atomic E-state index is -0.0613. The van der Waals surface area contributed by atoms with Crippen LogP contribution < -0.4 is 5.32 Å². The van der Waals surface area contributed by atoms with Gasteiger partial charge in [-0.1, -0.05) is 13.3 Å². The van der Waals surface area contributed by atoms with Crippen LogP contribution in [0.25, 0.3) is 0 Å². The molecule has 0 radical (unpaired) electrons. The van der Waals surface area contributed by atoms with Crippen LogP contribution in [0, 0.1) is 0 Å². The van der Waals surface area contributed by atoms with Crippen LogP contribution in [-0.2, 0) is 9.53 Å². The lowest BCUT2D eigenvalue weighted by Gasteiger charge is -2.40. The number of carbonyl (C=O) groups is 1. The third kappa shape index (κ3) is 5.04. The van der Waals surface area contributed by atoms with Gasteiger partial charge in [0.25, 0.3) is 0 Å². The monoisotopic (exact) mass is 283 g/mol. The van der Waals surface area contributed by atoms with Crippen molar-refractivity contribution in [1.29, 1.82) is 0 Å². The van der Waals surface area contributed by atoms with Gasteiger partial charge in [-0.05, 0) is 32.4 Å². The number of piperazine rings is 1. The van der Waals surface area contributed by atoms with Crippen LogP contribution in [0.4, 0.5) is 0 Å². The Kier molecular flexibility index (Phi) is 6.76. The van der Waals surface area contributed by atoms with Crippen LogP contribution in [0.15, 0.2) is 0 Å². The van der Waals surface area contributed by atoms with E-state index in [4.69, 9.17) is 4.74 Å². The molecule has 2 rings (SSSR count). The van der Waals surface area contributed by atoms with Gasteiger partial charge in [0.15, 0.2) is 0 Å². The molecule has 0 amide bonds. The van der Waals surface area contributed by atoms with Crippen molar-refractivity contribution in [3.05, 3.63) is 0 Å². The molecule has 2 heterocycles. The third-order valence-corrected chi connectivity index (χ3v) is 4.35. The summed E-state index contributed by atoms with van der Waals surface area (Å²) in [5.74, 6) is -0.0613. The number of piperidine rings is 1. The highest BCUT2D eigenvalue weighted by Gasteiger charge is 2.25. The minimum Gasteiger partial charge on any atom is -0.465 e. The molecule has 5 nitrogen and oxygen atoms in total. The second-order valence-electron chi connectivity index (χ2n) is 5.87. The molecule has 0 bridgehead atoms. The molecule has 116 valence electrons. The Hall–Kier alpha value is -0.650. The van der Waals surface area contributed by atoms with Gasteiger partial charge in [-0.3, -0.25) is 14.6 Å². The molecule has 0 spiro atoms. The molecule has 20 heavy (non-hydrogen) atoms. The SMILES string of the molecule is CCCCOC(=O)CN1CCN(C2CCNCC2)CC1. The molecule has 2 aliphatic rings. The lowest BCUT2D eigenvalue weighted by Crippen LogP contribution is -2.53. The molecular weight excluding hydrogens is 254 g/mol. The minimum absolute atomic E-state index is 0.0613.